The number of aliphatic hydroxyl groups is 1. The molecular weight excluding hydrogens is 237 g/mol. The molecule has 0 aliphatic heterocycles. The second kappa shape index (κ2) is 6.46. The van der Waals surface area contributed by atoms with Gasteiger partial charge in [-0.2, -0.15) is 0 Å². The predicted molar refractivity (Wildman–Crippen MR) is 65.0 cm³/mol. The van der Waals surface area contributed by atoms with Crippen molar-refractivity contribution in [3.05, 3.63) is 64.3 Å². The van der Waals surface area contributed by atoms with Crippen LogP contribution in [-0.4, -0.2) is 16.5 Å². The molecule has 18 heavy (non-hydrogen) atoms. The van der Waals surface area contributed by atoms with Crippen LogP contribution in [0.15, 0.2) is 47.4 Å². The lowest BCUT2D eigenvalue weighted by molar-refractivity contribution is -0.0979. The summed E-state index contributed by atoms with van der Waals surface area (Å²) in [6, 6.07) is 8.81. The van der Waals surface area contributed by atoms with Crippen molar-refractivity contribution in [2.45, 2.75) is 6.61 Å². The van der Waals surface area contributed by atoms with Gasteiger partial charge in [-0.1, -0.05) is 0 Å². The zero-order chi connectivity index (χ0) is 13.5. The highest BCUT2D eigenvalue weighted by Gasteiger charge is 2.03. The highest BCUT2D eigenvalue weighted by molar-refractivity contribution is 5.33. The molecule has 4 nitrogen and oxygen atoms in total. The van der Waals surface area contributed by atoms with E-state index in [1.54, 1.807) is 18.3 Å². The molecule has 0 radical (unpaired) electrons. The fourth-order valence-electron chi connectivity index (χ4n) is 1.46. The van der Waals surface area contributed by atoms with Crippen molar-refractivity contribution in [1.29, 1.82) is 0 Å². The molecule has 0 fully saturated rings. The number of benzene rings is 1. The summed E-state index contributed by atoms with van der Waals surface area (Å²) in [5.74, 6) is -0.352. The molecule has 1 N–H and O–H groups in total. The van der Waals surface area contributed by atoms with Crippen molar-refractivity contribution in [3.63, 3.8) is 0 Å². The number of pyridine rings is 1. The van der Waals surface area contributed by atoms with Gasteiger partial charge in [-0.3, -0.25) is 9.36 Å². The highest BCUT2D eigenvalue weighted by atomic mass is 19.1. The van der Waals surface area contributed by atoms with Crippen molar-refractivity contribution in [3.8, 4) is 5.69 Å². The first kappa shape index (κ1) is 13.8. The van der Waals surface area contributed by atoms with E-state index < -0.39 is 0 Å². The van der Waals surface area contributed by atoms with Crippen molar-refractivity contribution in [2.75, 3.05) is 0 Å². The van der Waals surface area contributed by atoms with Gasteiger partial charge in [0, 0.05) is 17.4 Å². The smallest absolute Gasteiger partial charge is 0.260 e. The van der Waals surface area contributed by atoms with E-state index in [0.29, 0.717) is 11.3 Å². The first-order valence-corrected chi connectivity index (χ1v) is 5.08. The van der Waals surface area contributed by atoms with Gasteiger partial charge >= 0.3 is 0 Å². The molecule has 2 rings (SSSR count). The number of carbonyl (C=O) groups is 1. The molecule has 2 aromatic rings. The fourth-order valence-corrected chi connectivity index (χ4v) is 1.46. The Bertz CT molecular complexity index is 563. The number of halogens is 1. The quantitative estimate of drug-likeness (QED) is 0.872. The Morgan fingerprint density at radius 2 is 1.78 bits per heavy atom. The average molecular weight is 249 g/mol. The van der Waals surface area contributed by atoms with E-state index in [1.807, 2.05) is 6.79 Å². The van der Waals surface area contributed by atoms with Crippen LogP contribution in [0.5, 0.6) is 0 Å². The van der Waals surface area contributed by atoms with Crippen LogP contribution in [0.4, 0.5) is 4.39 Å². The molecular formula is C13H12FNO3. The molecule has 1 aromatic heterocycles. The zero-order valence-electron chi connectivity index (χ0n) is 9.54. The summed E-state index contributed by atoms with van der Waals surface area (Å²) in [5.41, 5.74) is 0.588. The molecule has 5 heteroatoms. The van der Waals surface area contributed by atoms with Crippen molar-refractivity contribution in [1.82, 2.24) is 4.57 Å². The second-order valence-electron chi connectivity index (χ2n) is 3.34. The Hall–Kier alpha value is -2.27. The van der Waals surface area contributed by atoms with Crippen LogP contribution < -0.4 is 5.56 Å². The number of hydrogen-bond donors (Lipinski definition) is 1. The minimum atomic E-state index is -0.352. The van der Waals surface area contributed by atoms with Crippen LogP contribution in [-0.2, 0) is 11.4 Å². The van der Waals surface area contributed by atoms with E-state index in [9.17, 15) is 9.18 Å². The molecule has 0 atom stereocenters. The van der Waals surface area contributed by atoms with Gasteiger partial charge in [0.1, 0.15) is 12.6 Å². The summed E-state index contributed by atoms with van der Waals surface area (Å²) >= 11 is 0. The number of aliphatic hydroxyl groups excluding tert-OH is 1. The largest absolute Gasteiger partial charge is 0.391 e. The lowest BCUT2D eigenvalue weighted by Crippen LogP contribution is -2.21. The SMILES string of the molecule is C=O.O=c1c(CO)cccn1-c1ccc(F)cc1. The molecule has 0 bridgehead atoms. The van der Waals surface area contributed by atoms with E-state index in [2.05, 4.69) is 0 Å². The topological polar surface area (TPSA) is 59.3 Å². The van der Waals surface area contributed by atoms with E-state index in [4.69, 9.17) is 9.90 Å². The summed E-state index contributed by atoms with van der Waals surface area (Å²) < 4.78 is 14.1. The molecule has 0 aliphatic carbocycles. The van der Waals surface area contributed by atoms with Crippen molar-refractivity contribution >= 4 is 6.79 Å². The van der Waals surface area contributed by atoms with Gasteiger partial charge in [-0.05, 0) is 36.4 Å². The number of carbonyl (C=O) groups excluding carboxylic acids is 1. The summed E-state index contributed by atoms with van der Waals surface area (Å²) in [4.78, 5) is 19.8. The number of hydrogen-bond acceptors (Lipinski definition) is 3. The average Bonchev–Trinajstić information content (AvgIpc) is 2.42. The van der Waals surface area contributed by atoms with Gasteiger partial charge in [0.25, 0.3) is 5.56 Å². The number of rotatable bonds is 2. The maximum absolute atomic E-state index is 12.7. The third-order valence-corrected chi connectivity index (χ3v) is 2.30. The Kier molecular flexibility index (Phi) is 4.95. The van der Waals surface area contributed by atoms with Crippen LogP contribution >= 0.6 is 0 Å². The van der Waals surface area contributed by atoms with Crippen LogP contribution in [0, 0.1) is 5.82 Å². The molecule has 0 saturated heterocycles. The molecule has 1 aromatic carbocycles. The van der Waals surface area contributed by atoms with E-state index in [0.717, 1.165) is 0 Å². The zero-order valence-corrected chi connectivity index (χ0v) is 9.54. The normalized spacial score (nSPS) is 9.44. The molecule has 94 valence electrons. The molecule has 0 unspecified atom stereocenters. The first-order valence-electron chi connectivity index (χ1n) is 5.08. The molecule has 0 saturated carbocycles. The standard InChI is InChI=1S/C12H10FNO2.CH2O/c13-10-3-5-11(6-4-10)14-7-1-2-9(8-15)12(14)16;1-2/h1-7,15H,8H2;1H2. The monoisotopic (exact) mass is 249 g/mol. The van der Waals surface area contributed by atoms with Gasteiger partial charge in [0.05, 0.1) is 6.61 Å². The minimum absolute atomic E-state index is 0.295. The summed E-state index contributed by atoms with van der Waals surface area (Å²) in [6.07, 6.45) is 1.58. The van der Waals surface area contributed by atoms with Crippen LogP contribution in [0.1, 0.15) is 5.56 Å². The highest BCUT2D eigenvalue weighted by Crippen LogP contribution is 2.07. The van der Waals surface area contributed by atoms with Crippen molar-refractivity contribution < 1.29 is 14.3 Å². The molecule has 1 heterocycles. The Morgan fingerprint density at radius 1 is 1.17 bits per heavy atom. The van der Waals surface area contributed by atoms with Crippen LogP contribution in [0.25, 0.3) is 5.69 Å². The van der Waals surface area contributed by atoms with Gasteiger partial charge in [-0.15, -0.1) is 0 Å². The third kappa shape index (κ3) is 2.89. The second-order valence-corrected chi connectivity index (χ2v) is 3.34. The van der Waals surface area contributed by atoms with Crippen LogP contribution in [0.3, 0.4) is 0 Å². The maximum atomic E-state index is 12.7. The summed E-state index contributed by atoms with van der Waals surface area (Å²) in [6.45, 7) is 1.70. The third-order valence-electron chi connectivity index (χ3n) is 2.30. The minimum Gasteiger partial charge on any atom is -0.391 e. The van der Waals surface area contributed by atoms with Gasteiger partial charge in [-0.25, -0.2) is 4.39 Å². The van der Waals surface area contributed by atoms with E-state index in [1.165, 1.54) is 28.8 Å². The van der Waals surface area contributed by atoms with E-state index >= 15 is 0 Å². The van der Waals surface area contributed by atoms with Gasteiger partial charge < -0.3 is 9.90 Å². The Labute approximate surface area is 103 Å². The van der Waals surface area contributed by atoms with E-state index in [-0.39, 0.29) is 18.0 Å². The first-order chi connectivity index (χ1) is 8.72. The molecule has 0 amide bonds. The van der Waals surface area contributed by atoms with Gasteiger partial charge in [0.2, 0.25) is 0 Å². The number of aromatic nitrogens is 1. The summed E-state index contributed by atoms with van der Waals surface area (Å²) in [5, 5.41) is 8.96. The Balaban J connectivity index is 0.000000771. The summed E-state index contributed by atoms with van der Waals surface area (Å²) in [7, 11) is 0. The lowest BCUT2D eigenvalue weighted by Gasteiger charge is -2.06. The molecule has 0 spiro atoms. The fraction of sp³-hybridized carbons (Fsp3) is 0.0769. The molecule has 0 aliphatic rings. The predicted octanol–water partition coefficient (Wildman–Crippen LogP) is 1.28. The maximum Gasteiger partial charge on any atom is 0.260 e. The number of nitrogens with zero attached hydrogens (tertiary/aromatic N) is 1. The van der Waals surface area contributed by atoms with Gasteiger partial charge in [0.15, 0.2) is 0 Å². The lowest BCUT2D eigenvalue weighted by atomic mass is 10.2. The van der Waals surface area contributed by atoms with Crippen molar-refractivity contribution in [2.24, 2.45) is 0 Å². The Morgan fingerprint density at radius 3 is 2.33 bits per heavy atom. The van der Waals surface area contributed by atoms with Crippen LogP contribution in [0.2, 0.25) is 0 Å².